The van der Waals surface area contributed by atoms with Gasteiger partial charge in [0.25, 0.3) is 0 Å². The van der Waals surface area contributed by atoms with E-state index in [9.17, 15) is 24.3 Å². The number of fused-ring (bicyclic) bond motifs is 1. The van der Waals surface area contributed by atoms with E-state index in [1.807, 2.05) is 51.8 Å². The van der Waals surface area contributed by atoms with Crippen molar-refractivity contribution in [3.8, 4) is 5.75 Å². The molecule has 1 aromatic carbocycles. The number of esters is 1. The monoisotopic (exact) mass is 815 g/mol. The highest BCUT2D eigenvalue weighted by molar-refractivity contribution is 6.00. The van der Waals surface area contributed by atoms with E-state index in [2.05, 4.69) is 19.9 Å². The average Bonchev–Trinajstić information content (AvgIpc) is 3.32. The van der Waals surface area contributed by atoms with Crippen LogP contribution in [0.4, 0.5) is 4.79 Å². The van der Waals surface area contributed by atoms with E-state index in [-0.39, 0.29) is 37.0 Å². The van der Waals surface area contributed by atoms with E-state index in [1.165, 1.54) is 6.92 Å². The molecule has 58 heavy (non-hydrogen) atoms. The van der Waals surface area contributed by atoms with Gasteiger partial charge in [-0.15, -0.1) is 0 Å². The number of aliphatic hydroxyl groups is 1. The predicted octanol–water partition coefficient (Wildman–Crippen LogP) is 4.80. The fourth-order valence-corrected chi connectivity index (χ4v) is 9.85. The molecule has 3 saturated heterocycles. The van der Waals surface area contributed by atoms with E-state index >= 15 is 0 Å². The molecule has 324 valence electrons. The van der Waals surface area contributed by atoms with Crippen molar-refractivity contribution in [3.05, 3.63) is 41.5 Å². The molecule has 0 spiro atoms. The zero-order chi connectivity index (χ0) is 42.7. The molecule has 15 heteroatoms. The summed E-state index contributed by atoms with van der Waals surface area (Å²) in [5.41, 5.74) is 1.40. The number of nitrogens with one attached hydrogen (secondary N) is 1. The number of nitrogens with zero attached hydrogens (tertiary/aromatic N) is 2. The molecule has 0 saturated carbocycles. The molecule has 2 amide bonds. The van der Waals surface area contributed by atoms with Gasteiger partial charge in [0.15, 0.2) is 17.7 Å². The number of ketones is 1. The molecule has 15 nitrogen and oxygen atoms in total. The Morgan fingerprint density at radius 2 is 1.76 bits per heavy atom. The van der Waals surface area contributed by atoms with Gasteiger partial charge in [-0.2, -0.15) is 0 Å². The minimum Gasteiger partial charge on any atom is -0.493 e. The third-order valence-electron chi connectivity index (χ3n) is 13.1. The van der Waals surface area contributed by atoms with Crippen LogP contribution in [0.5, 0.6) is 5.75 Å². The lowest BCUT2D eigenvalue weighted by atomic mass is 9.72. The Labute approximate surface area is 342 Å². The standard InChI is InChI=1S/C43H65N3O12/c1-11-33-43(8)37-26(4)31(13-12-19-46(37)41(51)58-43)24(2)22-42(7,53-10)38(27(5)35(48)28(6)39(50)56-33)57-40-36(49)32(21-25(3)55-40)45(9)23-29-14-16-30(17-15-29)54-20-18-34(47)44-52/h13-17,24-28,32-33,36-38,40,49,52H,11-12,18-23H2,1-10H3,(H,44,47)/t24-,25-,26+,27+,28-,32+,33-,36-,37-,38-,40+,42-,43-/m1/s1. The first kappa shape index (κ1) is 45.5. The summed E-state index contributed by atoms with van der Waals surface area (Å²) in [6.07, 6.45) is -0.605. The number of benzene rings is 1. The number of carbonyl (C=O) groups is 4. The smallest absolute Gasteiger partial charge is 0.410 e. The molecule has 4 heterocycles. The Hall–Kier alpha value is -3.60. The number of carbonyl (C=O) groups excluding carboxylic acids is 4. The van der Waals surface area contributed by atoms with E-state index in [4.69, 9.17) is 33.6 Å². The highest BCUT2D eigenvalue weighted by Gasteiger charge is 2.60. The van der Waals surface area contributed by atoms with Gasteiger partial charge in [0.1, 0.15) is 23.9 Å². The first-order valence-corrected chi connectivity index (χ1v) is 20.7. The maximum absolute atomic E-state index is 14.4. The van der Waals surface area contributed by atoms with Crippen LogP contribution in [-0.4, -0.2) is 125 Å². The maximum atomic E-state index is 14.4. The second-order valence-corrected chi connectivity index (χ2v) is 17.2. The summed E-state index contributed by atoms with van der Waals surface area (Å²) in [5.74, 6) is -3.40. The van der Waals surface area contributed by atoms with Crippen LogP contribution in [0.1, 0.15) is 93.1 Å². The van der Waals surface area contributed by atoms with Gasteiger partial charge in [-0.1, -0.05) is 51.5 Å². The Kier molecular flexibility index (Phi) is 14.7. The molecule has 0 radical (unpaired) electrons. The summed E-state index contributed by atoms with van der Waals surface area (Å²) in [6, 6.07) is 6.61. The zero-order valence-electron chi connectivity index (χ0n) is 35.8. The maximum Gasteiger partial charge on any atom is 0.410 e. The third kappa shape index (κ3) is 9.39. The van der Waals surface area contributed by atoms with Gasteiger partial charge >= 0.3 is 12.1 Å². The highest BCUT2D eigenvalue weighted by atomic mass is 16.7. The lowest BCUT2D eigenvalue weighted by molar-refractivity contribution is -0.296. The molecule has 3 fully saturated rings. The molecular formula is C43H65N3O12. The summed E-state index contributed by atoms with van der Waals surface area (Å²) in [4.78, 5) is 56.8. The summed E-state index contributed by atoms with van der Waals surface area (Å²) in [5, 5.41) is 20.7. The van der Waals surface area contributed by atoms with Crippen molar-refractivity contribution in [2.75, 3.05) is 27.3 Å². The SMILES string of the molecule is CC[C@H]1OC(=O)[C@H](C)C(=O)[C@H](C)[C@@H](O[C@@H]2O[C@H](C)C[C@H](N(C)Cc3ccc(OCCC(=O)NO)cc3)[C@H]2O)[C@](C)(OC)C[C@@H](C)C2=CCCN3C(=O)O[C@@]1(C)[C@H]3[C@H]2C. The number of hydrogen-bond acceptors (Lipinski definition) is 13. The molecule has 4 aliphatic heterocycles. The third-order valence-corrected chi connectivity index (χ3v) is 13.1. The minimum absolute atomic E-state index is 0.0143. The number of methoxy groups -OCH3 is 1. The summed E-state index contributed by atoms with van der Waals surface area (Å²) in [6.45, 7) is 16.1. The van der Waals surface area contributed by atoms with Crippen LogP contribution in [0.15, 0.2) is 35.9 Å². The van der Waals surface area contributed by atoms with Crippen molar-refractivity contribution in [2.45, 2.75) is 148 Å². The molecule has 0 unspecified atom stereocenters. The average molecular weight is 816 g/mol. The normalized spacial score (nSPS) is 37.3. The molecule has 3 N–H and O–H groups in total. The first-order valence-electron chi connectivity index (χ1n) is 20.7. The number of amides is 2. The topological polar surface area (TPSA) is 183 Å². The van der Waals surface area contributed by atoms with E-state index in [0.29, 0.717) is 44.5 Å². The zero-order valence-corrected chi connectivity index (χ0v) is 35.8. The van der Waals surface area contributed by atoms with Gasteiger partial charge in [0, 0.05) is 38.1 Å². The van der Waals surface area contributed by atoms with Crippen LogP contribution >= 0.6 is 0 Å². The lowest BCUT2D eigenvalue weighted by Crippen LogP contribution is -2.60. The van der Waals surface area contributed by atoms with Crippen LogP contribution < -0.4 is 10.2 Å². The van der Waals surface area contributed by atoms with Gasteiger partial charge in [-0.05, 0) is 84.0 Å². The summed E-state index contributed by atoms with van der Waals surface area (Å²) in [7, 11) is 3.50. The molecule has 5 rings (SSSR count). The van der Waals surface area contributed by atoms with Crippen molar-refractivity contribution in [1.82, 2.24) is 15.3 Å². The van der Waals surface area contributed by atoms with Crippen molar-refractivity contribution < 1.29 is 57.9 Å². The Balaban J connectivity index is 1.42. The van der Waals surface area contributed by atoms with Crippen molar-refractivity contribution in [1.29, 1.82) is 0 Å². The number of hydroxylamine groups is 1. The Bertz CT molecular complexity index is 1660. The van der Waals surface area contributed by atoms with E-state index < -0.39 is 77.4 Å². The van der Waals surface area contributed by atoms with Crippen LogP contribution in [-0.2, 0) is 44.6 Å². The van der Waals surface area contributed by atoms with Crippen molar-refractivity contribution >= 4 is 23.8 Å². The van der Waals surface area contributed by atoms with Crippen LogP contribution in [0.2, 0.25) is 0 Å². The molecule has 4 aliphatic rings. The number of ether oxygens (including phenoxy) is 6. The fraction of sp³-hybridized carbons (Fsp3) is 0.721. The largest absolute Gasteiger partial charge is 0.493 e. The number of hydrogen-bond donors (Lipinski definition) is 3. The lowest BCUT2D eigenvalue weighted by Gasteiger charge is -2.47. The molecule has 0 aromatic heterocycles. The van der Waals surface area contributed by atoms with Crippen molar-refractivity contribution in [2.24, 2.45) is 23.7 Å². The molecule has 2 bridgehead atoms. The van der Waals surface area contributed by atoms with Crippen LogP contribution in [0.3, 0.4) is 0 Å². The number of cyclic esters (lactones) is 1. The number of likely N-dealkylation sites (N-methyl/N-ethyl adjacent to an activating group) is 1. The number of aliphatic hydroxyl groups excluding tert-OH is 1. The first-order chi connectivity index (χ1) is 27.4. The quantitative estimate of drug-likeness (QED) is 0.0912. The Morgan fingerprint density at radius 3 is 2.40 bits per heavy atom. The molecule has 13 atom stereocenters. The van der Waals surface area contributed by atoms with Crippen LogP contribution in [0.25, 0.3) is 0 Å². The summed E-state index contributed by atoms with van der Waals surface area (Å²) < 4.78 is 37.3. The second-order valence-electron chi connectivity index (χ2n) is 17.2. The molecule has 0 aliphatic carbocycles. The molecule has 1 aromatic rings. The van der Waals surface area contributed by atoms with Gasteiger partial charge in [-0.3, -0.25) is 24.5 Å². The van der Waals surface area contributed by atoms with Gasteiger partial charge in [-0.25, -0.2) is 10.3 Å². The predicted molar refractivity (Wildman–Crippen MR) is 212 cm³/mol. The Morgan fingerprint density at radius 1 is 1.07 bits per heavy atom. The fourth-order valence-electron chi connectivity index (χ4n) is 9.85. The second kappa shape index (κ2) is 18.8. The van der Waals surface area contributed by atoms with Crippen LogP contribution in [0, 0.1) is 23.7 Å². The van der Waals surface area contributed by atoms with Gasteiger partial charge in [0.05, 0.1) is 36.9 Å². The van der Waals surface area contributed by atoms with Crippen molar-refractivity contribution in [3.63, 3.8) is 0 Å². The number of Topliss-reactive ketones (excluding diaryl/α,β-unsaturated/α-hetero) is 1. The number of rotatable bonds is 11. The summed E-state index contributed by atoms with van der Waals surface area (Å²) >= 11 is 0. The van der Waals surface area contributed by atoms with Gasteiger partial charge < -0.3 is 38.4 Å². The highest BCUT2D eigenvalue weighted by Crippen LogP contribution is 2.46. The minimum atomic E-state index is -1.18. The molecular weight excluding hydrogens is 750 g/mol. The van der Waals surface area contributed by atoms with Gasteiger partial charge in [0.2, 0.25) is 5.91 Å². The van der Waals surface area contributed by atoms with E-state index in [1.54, 1.807) is 36.5 Å². The van der Waals surface area contributed by atoms with E-state index in [0.717, 1.165) is 11.1 Å².